The Bertz CT molecular complexity index is 3190. The number of hydrogen-bond acceptors (Lipinski definition) is 4. The summed E-state index contributed by atoms with van der Waals surface area (Å²) in [5.41, 5.74) is 14.9. The van der Waals surface area contributed by atoms with E-state index < -0.39 is 8.07 Å². The summed E-state index contributed by atoms with van der Waals surface area (Å²) in [7, 11) is -1.21. The molecule has 61 heavy (non-hydrogen) atoms. The van der Waals surface area contributed by atoms with Crippen LogP contribution >= 0.6 is 0 Å². The maximum Gasteiger partial charge on any atom is 0.216 e. The Kier molecular flexibility index (Phi) is 10.4. The monoisotopic (exact) mass is 983 g/mol. The molecule has 1 radical (unpaired) electrons. The van der Waals surface area contributed by atoms with Crippen molar-refractivity contribution < 1.29 is 24.5 Å². The molecule has 12 rings (SSSR count). The minimum absolute atomic E-state index is 0. The second-order valence-corrected chi connectivity index (χ2v) is 20.8. The first-order chi connectivity index (χ1) is 29.6. The molecule has 6 heterocycles. The SMILES string of the molecule is Cc1ccc2c(n1)oc1c(-c3cc4c(cn3)[Si]3(CCCC3)CC4)[c-]ccc12.[Ir].[c-]1ccccc1-c1nc2ccccc2n1-c1cccc(-c2cccc(-c3ccccc3)c2)c1. The van der Waals surface area contributed by atoms with Crippen molar-refractivity contribution in [2.45, 2.75) is 44.3 Å². The molecular formula is C54H42IrN4OSi-2. The summed E-state index contributed by atoms with van der Waals surface area (Å²) in [6.07, 6.45) is 6.28. The van der Waals surface area contributed by atoms with E-state index in [0.29, 0.717) is 5.71 Å². The zero-order valence-electron chi connectivity index (χ0n) is 33.9. The van der Waals surface area contributed by atoms with E-state index in [1.807, 2.05) is 49.4 Å². The number of nitrogens with zero attached hydrogens (tertiary/aromatic N) is 4. The van der Waals surface area contributed by atoms with E-state index in [2.05, 4.69) is 143 Å². The molecule has 1 saturated heterocycles. The van der Waals surface area contributed by atoms with Crippen LogP contribution in [0.2, 0.25) is 18.1 Å². The second-order valence-electron chi connectivity index (χ2n) is 16.2. The Morgan fingerprint density at radius 2 is 1.39 bits per heavy atom. The van der Waals surface area contributed by atoms with E-state index in [9.17, 15) is 0 Å². The fourth-order valence-electron chi connectivity index (χ4n) is 9.64. The molecular weight excluding hydrogens is 941 g/mol. The number of imidazole rings is 1. The molecule has 0 N–H and O–H groups in total. The summed E-state index contributed by atoms with van der Waals surface area (Å²) in [6.45, 7) is 1.99. The molecule has 1 fully saturated rings. The summed E-state index contributed by atoms with van der Waals surface area (Å²) in [5.74, 6) is 0.895. The van der Waals surface area contributed by atoms with Crippen LogP contribution in [-0.4, -0.2) is 27.6 Å². The minimum atomic E-state index is -1.21. The maximum absolute atomic E-state index is 6.16. The van der Waals surface area contributed by atoms with Crippen LogP contribution in [-0.2, 0) is 26.5 Å². The van der Waals surface area contributed by atoms with Gasteiger partial charge in [-0.05, 0) is 95.0 Å². The van der Waals surface area contributed by atoms with Crippen LogP contribution in [0.5, 0.6) is 0 Å². The Balaban J connectivity index is 0.000000146. The van der Waals surface area contributed by atoms with E-state index in [-0.39, 0.29) is 20.1 Å². The van der Waals surface area contributed by atoms with Crippen LogP contribution in [0.1, 0.15) is 24.1 Å². The van der Waals surface area contributed by atoms with Gasteiger partial charge in [0, 0.05) is 43.1 Å². The van der Waals surface area contributed by atoms with E-state index >= 15 is 0 Å². The molecule has 0 atom stereocenters. The quantitative estimate of drug-likeness (QED) is 0.127. The van der Waals surface area contributed by atoms with E-state index in [0.717, 1.165) is 61.4 Å². The number of para-hydroxylation sites is 2. The number of fused-ring (bicyclic) bond motifs is 6. The molecule has 5 nitrogen and oxygen atoms in total. The molecule has 0 unspecified atom stereocenters. The van der Waals surface area contributed by atoms with Crippen molar-refractivity contribution in [3.63, 3.8) is 0 Å². The molecule has 10 aromatic rings. The third-order valence-corrected chi connectivity index (χ3v) is 18.0. The predicted molar refractivity (Wildman–Crippen MR) is 247 cm³/mol. The maximum atomic E-state index is 6.16. The first-order valence-corrected chi connectivity index (χ1v) is 23.6. The third-order valence-electron chi connectivity index (χ3n) is 12.6. The van der Waals surface area contributed by atoms with Crippen molar-refractivity contribution >= 4 is 46.4 Å². The first-order valence-electron chi connectivity index (χ1n) is 21.0. The van der Waals surface area contributed by atoms with Crippen molar-refractivity contribution in [2.24, 2.45) is 0 Å². The Morgan fingerprint density at radius 3 is 2.23 bits per heavy atom. The van der Waals surface area contributed by atoms with Gasteiger partial charge in [-0.25, -0.2) is 4.98 Å². The van der Waals surface area contributed by atoms with Gasteiger partial charge in [0.25, 0.3) is 0 Å². The van der Waals surface area contributed by atoms with Gasteiger partial charge in [0.15, 0.2) is 0 Å². The molecule has 1 spiro atoms. The predicted octanol–water partition coefficient (Wildman–Crippen LogP) is 13.0. The molecule has 2 aliphatic heterocycles. The van der Waals surface area contributed by atoms with Crippen molar-refractivity contribution in [1.82, 2.24) is 19.5 Å². The van der Waals surface area contributed by atoms with Gasteiger partial charge < -0.3 is 14.0 Å². The molecule has 4 aromatic heterocycles. The standard InChI is InChI=1S/C31H21N2.C23H21N2OSi.Ir/c1-3-11-23(12-4-1)25-15-9-16-26(21-25)27-17-10-18-28(22-27)33-30-20-8-7-19-29(30)32-31(33)24-13-5-2-6-14-24;1-15-7-8-18-17-5-4-6-19(22(17)26-23(18)25-15)20-13-16-9-12-27(10-2-3-11-27)21(16)14-24-20;/h1-13,15-22H;4-5,7-8,13-14H,2-3,9-12H2,1H3;/q2*-1;. The van der Waals surface area contributed by atoms with Gasteiger partial charge in [0.2, 0.25) is 5.71 Å². The van der Waals surface area contributed by atoms with Crippen LogP contribution < -0.4 is 5.19 Å². The zero-order chi connectivity index (χ0) is 40.0. The first kappa shape index (κ1) is 38.9. The van der Waals surface area contributed by atoms with Crippen LogP contribution in [0.4, 0.5) is 0 Å². The number of pyridine rings is 2. The van der Waals surface area contributed by atoms with Gasteiger partial charge >= 0.3 is 0 Å². The van der Waals surface area contributed by atoms with Crippen molar-refractivity contribution in [1.29, 1.82) is 0 Å². The Labute approximate surface area is 370 Å². The molecule has 2 aliphatic rings. The summed E-state index contributed by atoms with van der Waals surface area (Å²) in [4.78, 5) is 14.4. The van der Waals surface area contributed by atoms with Gasteiger partial charge in [-0.1, -0.05) is 120 Å². The third kappa shape index (κ3) is 7.17. The summed E-state index contributed by atoms with van der Waals surface area (Å²) in [6, 6.07) is 65.8. The smallest absolute Gasteiger partial charge is 0.216 e. The number of rotatable bonds is 5. The number of aryl methyl sites for hydroxylation is 2. The molecule has 0 saturated carbocycles. The Morgan fingerprint density at radius 1 is 0.639 bits per heavy atom. The molecule has 0 amide bonds. The van der Waals surface area contributed by atoms with E-state index in [1.165, 1.54) is 65.2 Å². The molecule has 7 heteroatoms. The van der Waals surface area contributed by atoms with Gasteiger partial charge in [0.05, 0.1) is 30.5 Å². The average Bonchev–Trinajstić information content (AvgIpc) is 4.12. The van der Waals surface area contributed by atoms with Gasteiger partial charge in [-0.3, -0.25) is 4.98 Å². The number of aromatic nitrogens is 4. The number of furan rings is 1. The fraction of sp³-hybridized carbons (Fsp3) is 0.130. The summed E-state index contributed by atoms with van der Waals surface area (Å²) >= 11 is 0. The normalized spacial score (nSPS) is 13.9. The topological polar surface area (TPSA) is 56.7 Å². The van der Waals surface area contributed by atoms with Crippen LogP contribution in [0.15, 0.2) is 168 Å². The van der Waals surface area contributed by atoms with Crippen LogP contribution in [0.3, 0.4) is 0 Å². The molecule has 299 valence electrons. The Hall–Kier alpha value is -6.24. The van der Waals surface area contributed by atoms with Gasteiger partial charge in [-0.15, -0.1) is 54.1 Å². The van der Waals surface area contributed by atoms with E-state index in [1.54, 1.807) is 5.19 Å². The average molecular weight is 983 g/mol. The number of hydrogen-bond donors (Lipinski definition) is 0. The molecule has 0 bridgehead atoms. The summed E-state index contributed by atoms with van der Waals surface area (Å²) in [5, 5.41) is 3.79. The molecule has 0 aliphatic carbocycles. The second kappa shape index (κ2) is 16.3. The summed E-state index contributed by atoms with van der Waals surface area (Å²) < 4.78 is 8.39. The van der Waals surface area contributed by atoms with E-state index in [4.69, 9.17) is 14.4 Å². The van der Waals surface area contributed by atoms with Gasteiger partial charge in [0.1, 0.15) is 0 Å². The van der Waals surface area contributed by atoms with Crippen molar-refractivity contribution in [3.8, 4) is 50.6 Å². The molecule has 6 aromatic carbocycles. The number of benzene rings is 6. The minimum Gasteiger partial charge on any atom is -0.486 e. The van der Waals surface area contributed by atoms with Crippen LogP contribution in [0, 0.1) is 19.1 Å². The zero-order valence-corrected chi connectivity index (χ0v) is 37.3. The van der Waals surface area contributed by atoms with Crippen molar-refractivity contribution in [3.05, 3.63) is 187 Å². The van der Waals surface area contributed by atoms with Crippen molar-refractivity contribution in [2.75, 3.05) is 0 Å². The van der Waals surface area contributed by atoms with Gasteiger partial charge in [-0.2, -0.15) is 0 Å². The fourth-order valence-corrected chi connectivity index (χ4v) is 15.0. The largest absolute Gasteiger partial charge is 0.486 e. The van der Waals surface area contributed by atoms with Crippen LogP contribution in [0.25, 0.3) is 83.7 Å².